The van der Waals surface area contributed by atoms with Gasteiger partial charge in [0.15, 0.2) is 0 Å². The first-order valence-electron chi connectivity index (χ1n) is 9.84. The summed E-state index contributed by atoms with van der Waals surface area (Å²) in [5, 5.41) is 4.42. The lowest BCUT2D eigenvalue weighted by atomic mass is 9.82. The van der Waals surface area contributed by atoms with Gasteiger partial charge in [-0.25, -0.2) is 4.79 Å². The molecule has 3 rings (SSSR count). The van der Waals surface area contributed by atoms with Gasteiger partial charge < -0.3 is 23.7 Å². The molecule has 2 aliphatic heterocycles. The summed E-state index contributed by atoms with van der Waals surface area (Å²) < 4.78 is 25.2. The van der Waals surface area contributed by atoms with Crippen LogP contribution in [0.5, 0.6) is 0 Å². The summed E-state index contributed by atoms with van der Waals surface area (Å²) in [6.07, 6.45) is 3.22. The first-order valence-corrected chi connectivity index (χ1v) is 9.84. The fourth-order valence-corrected chi connectivity index (χ4v) is 3.11. The van der Waals surface area contributed by atoms with Crippen LogP contribution in [0.25, 0.3) is 0 Å². The molecule has 1 amide bonds. The summed E-state index contributed by atoms with van der Waals surface area (Å²) in [6.45, 7) is 15.7. The molecular formula is C19H32BN3O5. The van der Waals surface area contributed by atoms with E-state index in [2.05, 4.69) is 5.10 Å². The van der Waals surface area contributed by atoms with Gasteiger partial charge in [-0.2, -0.15) is 5.10 Å². The Morgan fingerprint density at radius 3 is 2.54 bits per heavy atom. The van der Waals surface area contributed by atoms with Crippen molar-refractivity contribution >= 4 is 18.7 Å². The Balaban J connectivity index is 1.59. The second kappa shape index (κ2) is 7.35. The maximum atomic E-state index is 12.3. The molecule has 1 atom stereocenters. The largest absolute Gasteiger partial charge is 0.498 e. The molecule has 0 aliphatic carbocycles. The van der Waals surface area contributed by atoms with E-state index < -0.39 is 12.7 Å². The molecule has 1 aromatic heterocycles. The van der Waals surface area contributed by atoms with E-state index in [-0.39, 0.29) is 23.4 Å². The quantitative estimate of drug-likeness (QED) is 0.730. The minimum absolute atomic E-state index is 0.146. The van der Waals surface area contributed by atoms with E-state index in [0.717, 1.165) is 5.46 Å². The summed E-state index contributed by atoms with van der Waals surface area (Å²) in [7, 11) is -0.440. The molecule has 0 aromatic carbocycles. The molecule has 0 saturated carbocycles. The van der Waals surface area contributed by atoms with Crippen LogP contribution in [0.1, 0.15) is 48.5 Å². The second-order valence-electron chi connectivity index (χ2n) is 9.50. The van der Waals surface area contributed by atoms with Gasteiger partial charge in [0, 0.05) is 24.4 Å². The molecule has 0 radical (unpaired) electrons. The summed E-state index contributed by atoms with van der Waals surface area (Å²) in [4.78, 5) is 14.0. The highest BCUT2D eigenvalue weighted by atomic mass is 16.7. The van der Waals surface area contributed by atoms with Crippen molar-refractivity contribution in [1.29, 1.82) is 0 Å². The van der Waals surface area contributed by atoms with Crippen molar-refractivity contribution in [2.75, 3.05) is 19.7 Å². The van der Waals surface area contributed by atoms with Crippen molar-refractivity contribution in [2.24, 2.45) is 0 Å². The summed E-state index contributed by atoms with van der Waals surface area (Å²) >= 11 is 0. The van der Waals surface area contributed by atoms with Crippen LogP contribution in [0.15, 0.2) is 12.4 Å². The number of rotatable bonds is 3. The van der Waals surface area contributed by atoms with E-state index >= 15 is 0 Å². The van der Waals surface area contributed by atoms with Crippen molar-refractivity contribution in [1.82, 2.24) is 14.7 Å². The van der Waals surface area contributed by atoms with Crippen LogP contribution < -0.4 is 5.46 Å². The van der Waals surface area contributed by atoms with Crippen LogP contribution in [0.2, 0.25) is 0 Å². The van der Waals surface area contributed by atoms with Crippen molar-refractivity contribution in [3.63, 3.8) is 0 Å². The van der Waals surface area contributed by atoms with Crippen molar-refractivity contribution in [3.05, 3.63) is 12.4 Å². The lowest BCUT2D eigenvalue weighted by Crippen LogP contribution is -2.48. The zero-order valence-electron chi connectivity index (χ0n) is 18.0. The molecule has 28 heavy (non-hydrogen) atoms. The summed E-state index contributed by atoms with van der Waals surface area (Å²) in [5.74, 6) is 0. The highest BCUT2D eigenvalue weighted by molar-refractivity contribution is 6.61. The Bertz CT molecular complexity index is 697. The molecule has 0 unspecified atom stereocenters. The summed E-state index contributed by atoms with van der Waals surface area (Å²) in [6, 6.07) is 0. The number of aromatic nitrogens is 2. The van der Waals surface area contributed by atoms with E-state index in [1.54, 1.807) is 11.1 Å². The molecule has 2 fully saturated rings. The normalized spacial score (nSPS) is 24.5. The average Bonchev–Trinajstić information content (AvgIpc) is 3.08. The van der Waals surface area contributed by atoms with Crippen molar-refractivity contribution in [3.8, 4) is 0 Å². The van der Waals surface area contributed by atoms with Crippen LogP contribution in [0, 0.1) is 0 Å². The second-order valence-corrected chi connectivity index (χ2v) is 9.50. The van der Waals surface area contributed by atoms with Gasteiger partial charge in [0.25, 0.3) is 0 Å². The predicted molar refractivity (Wildman–Crippen MR) is 105 cm³/mol. The van der Waals surface area contributed by atoms with Crippen LogP contribution >= 0.6 is 0 Å². The molecule has 9 heteroatoms. The minimum Gasteiger partial charge on any atom is -0.444 e. The zero-order chi connectivity index (χ0) is 20.7. The van der Waals surface area contributed by atoms with E-state index in [1.807, 2.05) is 59.3 Å². The molecule has 0 bridgehead atoms. The third kappa shape index (κ3) is 4.70. The average molecular weight is 393 g/mol. The van der Waals surface area contributed by atoms with Crippen LogP contribution in [-0.2, 0) is 25.3 Å². The number of amides is 1. The SMILES string of the molecule is CC(C)(C)OC(=O)N1CCO[C@@H](Cn2cc(B3OC(C)(C)C(C)(C)O3)cn2)C1. The van der Waals surface area contributed by atoms with Gasteiger partial charge in [-0.3, -0.25) is 4.68 Å². The van der Waals surface area contributed by atoms with Gasteiger partial charge in [0.1, 0.15) is 5.60 Å². The first-order chi connectivity index (χ1) is 12.9. The molecule has 156 valence electrons. The van der Waals surface area contributed by atoms with Crippen LogP contribution in [0.4, 0.5) is 4.79 Å². The third-order valence-electron chi connectivity index (χ3n) is 5.36. The van der Waals surface area contributed by atoms with Crippen LogP contribution in [0.3, 0.4) is 0 Å². The fraction of sp³-hybridized carbons (Fsp3) is 0.789. The highest BCUT2D eigenvalue weighted by Crippen LogP contribution is 2.36. The van der Waals surface area contributed by atoms with Crippen molar-refractivity contribution in [2.45, 2.75) is 77.9 Å². The Morgan fingerprint density at radius 2 is 1.93 bits per heavy atom. The number of carbonyl (C=O) groups is 1. The van der Waals surface area contributed by atoms with Gasteiger partial charge in [-0.1, -0.05) is 0 Å². The number of ether oxygens (including phenoxy) is 2. The lowest BCUT2D eigenvalue weighted by Gasteiger charge is -2.34. The van der Waals surface area contributed by atoms with Gasteiger partial charge in [-0.15, -0.1) is 0 Å². The van der Waals surface area contributed by atoms with E-state index in [9.17, 15) is 4.79 Å². The zero-order valence-corrected chi connectivity index (χ0v) is 18.0. The molecule has 1 aromatic rings. The van der Waals surface area contributed by atoms with E-state index in [1.165, 1.54) is 0 Å². The monoisotopic (exact) mass is 393 g/mol. The summed E-state index contributed by atoms with van der Waals surface area (Å²) in [5.41, 5.74) is -0.413. The van der Waals surface area contributed by atoms with Crippen molar-refractivity contribution < 1.29 is 23.6 Å². The topological polar surface area (TPSA) is 75.0 Å². The Hall–Kier alpha value is -1.58. The van der Waals surface area contributed by atoms with Gasteiger partial charge in [0.2, 0.25) is 0 Å². The Kier molecular flexibility index (Phi) is 5.55. The molecule has 0 spiro atoms. The number of carbonyl (C=O) groups excluding carboxylic acids is 1. The minimum atomic E-state index is -0.509. The Labute approximate surface area is 167 Å². The maximum Gasteiger partial charge on any atom is 0.498 e. The molecule has 8 nitrogen and oxygen atoms in total. The Morgan fingerprint density at radius 1 is 1.29 bits per heavy atom. The lowest BCUT2D eigenvalue weighted by molar-refractivity contribution is -0.0483. The van der Waals surface area contributed by atoms with Gasteiger partial charge in [0.05, 0.1) is 37.0 Å². The molecule has 2 aliphatic rings. The van der Waals surface area contributed by atoms with Crippen LogP contribution in [-0.4, -0.2) is 70.5 Å². The van der Waals surface area contributed by atoms with E-state index in [4.69, 9.17) is 18.8 Å². The number of hydrogen-bond donors (Lipinski definition) is 0. The molecular weight excluding hydrogens is 361 g/mol. The molecule has 0 N–H and O–H groups in total. The predicted octanol–water partition coefficient (Wildman–Crippen LogP) is 1.82. The number of morpholine rings is 1. The first kappa shape index (κ1) is 21.1. The number of hydrogen-bond acceptors (Lipinski definition) is 6. The fourth-order valence-electron chi connectivity index (χ4n) is 3.11. The number of nitrogens with zero attached hydrogens (tertiary/aromatic N) is 3. The maximum absolute atomic E-state index is 12.3. The third-order valence-corrected chi connectivity index (χ3v) is 5.36. The van der Waals surface area contributed by atoms with Gasteiger partial charge in [-0.05, 0) is 48.5 Å². The molecule has 3 heterocycles. The van der Waals surface area contributed by atoms with Gasteiger partial charge >= 0.3 is 13.2 Å². The standard InChI is InChI=1S/C19H32BN3O5/c1-17(2,3)26-16(24)22-8-9-25-15(12-22)13-23-11-14(10-21-23)20-27-18(4,5)19(6,7)28-20/h10-11,15H,8-9,12-13H2,1-7H3/t15-/m1/s1. The molecule has 2 saturated heterocycles. The van der Waals surface area contributed by atoms with E-state index in [0.29, 0.717) is 26.2 Å². The smallest absolute Gasteiger partial charge is 0.444 e. The highest BCUT2D eigenvalue weighted by Gasteiger charge is 2.52.